The first-order valence-corrected chi connectivity index (χ1v) is 13.9. The number of fused-ring (bicyclic) bond motifs is 3. The molecule has 1 saturated carbocycles. The summed E-state index contributed by atoms with van der Waals surface area (Å²) in [5.41, 5.74) is 0.349. The van der Waals surface area contributed by atoms with Crippen LogP contribution in [0.3, 0.4) is 0 Å². The zero-order valence-corrected chi connectivity index (χ0v) is 24.1. The van der Waals surface area contributed by atoms with Crippen molar-refractivity contribution in [3.8, 4) is 11.5 Å². The second-order valence-corrected chi connectivity index (χ2v) is 13.1. The molecular formula is C31H42O7. The molecule has 1 aromatic rings. The summed E-state index contributed by atoms with van der Waals surface area (Å²) in [5, 5.41) is 0. The molecule has 0 aromatic heterocycles. The van der Waals surface area contributed by atoms with Gasteiger partial charge in [-0.2, -0.15) is 0 Å². The lowest BCUT2D eigenvalue weighted by atomic mass is 9.60. The predicted octanol–water partition coefficient (Wildman–Crippen LogP) is 6.33. The molecule has 7 heteroatoms. The van der Waals surface area contributed by atoms with Gasteiger partial charge < -0.3 is 23.7 Å². The molecule has 0 bridgehead atoms. The van der Waals surface area contributed by atoms with Gasteiger partial charge in [0, 0.05) is 36.7 Å². The van der Waals surface area contributed by atoms with Gasteiger partial charge in [-0.3, -0.25) is 9.59 Å². The molecule has 5 rings (SSSR count). The van der Waals surface area contributed by atoms with Crippen LogP contribution in [0.15, 0.2) is 24.0 Å². The van der Waals surface area contributed by atoms with Crippen LogP contribution in [0, 0.1) is 17.8 Å². The number of hydrogen-bond donors (Lipinski definition) is 0. The van der Waals surface area contributed by atoms with Gasteiger partial charge in [-0.1, -0.05) is 20.3 Å². The minimum atomic E-state index is -0.895. The lowest BCUT2D eigenvalue weighted by Crippen LogP contribution is -2.57. The van der Waals surface area contributed by atoms with E-state index in [1.165, 1.54) is 13.8 Å². The highest BCUT2D eigenvalue weighted by molar-refractivity contribution is 5.70. The molecule has 0 unspecified atom stereocenters. The van der Waals surface area contributed by atoms with Gasteiger partial charge in [0.1, 0.15) is 34.6 Å². The van der Waals surface area contributed by atoms with Gasteiger partial charge in [0.05, 0.1) is 6.42 Å². The Labute approximate surface area is 226 Å². The second-order valence-electron chi connectivity index (χ2n) is 13.1. The van der Waals surface area contributed by atoms with Crippen molar-refractivity contribution < 1.29 is 33.3 Å². The smallest absolute Gasteiger partial charge is 0.308 e. The standard InChI is InChI=1S/C31H42O7/c1-19-14-24(34-20(2)32)23-10-13-29(7,37-25(23)15-19)17-22-16-28(6)11-9-12-30(28,8)31(36-22)18-26(35-21(3)33)27(4,5)38-31/h14-16,26H,9-13,17-18H2,1-8H3/t26-,28+,29-,30+,31-/m0/s1. The molecule has 2 fully saturated rings. The molecule has 3 aliphatic heterocycles. The first kappa shape index (κ1) is 27.0. The van der Waals surface area contributed by atoms with Crippen molar-refractivity contribution in [1.82, 2.24) is 0 Å². The minimum absolute atomic E-state index is 0.121. The van der Waals surface area contributed by atoms with Gasteiger partial charge in [0.2, 0.25) is 5.79 Å². The number of hydrogen-bond acceptors (Lipinski definition) is 7. The molecular weight excluding hydrogens is 484 g/mol. The van der Waals surface area contributed by atoms with Gasteiger partial charge in [0.25, 0.3) is 0 Å². The van der Waals surface area contributed by atoms with E-state index in [9.17, 15) is 9.59 Å². The Balaban J connectivity index is 1.46. The van der Waals surface area contributed by atoms with E-state index < -0.39 is 23.1 Å². The molecule has 3 heterocycles. The van der Waals surface area contributed by atoms with Crippen LogP contribution in [0.25, 0.3) is 0 Å². The van der Waals surface area contributed by atoms with Crippen LogP contribution >= 0.6 is 0 Å². The van der Waals surface area contributed by atoms with Gasteiger partial charge in [-0.15, -0.1) is 0 Å². The van der Waals surface area contributed by atoms with Crippen LogP contribution in [0.4, 0.5) is 0 Å². The quantitative estimate of drug-likeness (QED) is 0.335. The average Bonchev–Trinajstić information content (AvgIpc) is 3.20. The molecule has 0 radical (unpaired) electrons. The van der Waals surface area contributed by atoms with Crippen LogP contribution in [-0.4, -0.2) is 35.0 Å². The van der Waals surface area contributed by atoms with Crippen LogP contribution in [-0.2, 0) is 30.2 Å². The zero-order chi connectivity index (χ0) is 27.7. The Morgan fingerprint density at radius 3 is 2.42 bits per heavy atom. The highest BCUT2D eigenvalue weighted by Crippen LogP contribution is 2.67. The number of allylic oxidation sites excluding steroid dienone is 1. The van der Waals surface area contributed by atoms with Gasteiger partial charge in [-0.25, -0.2) is 0 Å². The summed E-state index contributed by atoms with van der Waals surface area (Å²) in [5.74, 6) is 0.662. The van der Waals surface area contributed by atoms with E-state index in [-0.39, 0.29) is 22.8 Å². The molecule has 1 aliphatic carbocycles. The van der Waals surface area contributed by atoms with E-state index in [4.69, 9.17) is 23.7 Å². The van der Waals surface area contributed by atoms with Crippen LogP contribution in [0.5, 0.6) is 11.5 Å². The molecule has 1 aromatic carbocycles. The summed E-state index contributed by atoms with van der Waals surface area (Å²) in [7, 11) is 0. The van der Waals surface area contributed by atoms with Gasteiger partial charge >= 0.3 is 11.9 Å². The number of aryl methyl sites for hydroxylation is 1. The lowest BCUT2D eigenvalue weighted by molar-refractivity contribution is -0.311. The van der Waals surface area contributed by atoms with E-state index in [2.05, 4.69) is 26.8 Å². The van der Waals surface area contributed by atoms with Crippen molar-refractivity contribution in [2.24, 2.45) is 10.8 Å². The van der Waals surface area contributed by atoms with Crippen LogP contribution < -0.4 is 9.47 Å². The number of carbonyl (C=O) groups is 2. The summed E-state index contributed by atoms with van der Waals surface area (Å²) in [6.07, 6.45) is 7.60. The Morgan fingerprint density at radius 1 is 1.00 bits per heavy atom. The van der Waals surface area contributed by atoms with Crippen molar-refractivity contribution in [2.45, 2.75) is 123 Å². The number of ether oxygens (including phenoxy) is 5. The predicted molar refractivity (Wildman–Crippen MR) is 142 cm³/mol. The molecule has 0 N–H and O–H groups in total. The SMILES string of the molecule is CC(=O)Oc1cc(C)cc2c1CC[C@@](C)(CC1=C[C@@]3(C)CCC[C@@]3(C)[C@@]3(C[C@H](OC(C)=O)C(C)(C)O3)O1)O2. The van der Waals surface area contributed by atoms with Gasteiger partial charge in [0.15, 0.2) is 0 Å². The Bertz CT molecular complexity index is 1200. The van der Waals surface area contributed by atoms with Crippen molar-refractivity contribution >= 4 is 11.9 Å². The number of carbonyl (C=O) groups excluding carboxylic acids is 2. The lowest BCUT2D eigenvalue weighted by Gasteiger charge is -2.55. The third-order valence-corrected chi connectivity index (χ3v) is 9.59. The second kappa shape index (κ2) is 8.73. The molecule has 5 atom stereocenters. The maximum Gasteiger partial charge on any atom is 0.308 e. The van der Waals surface area contributed by atoms with Crippen molar-refractivity contribution in [3.63, 3.8) is 0 Å². The number of esters is 2. The molecule has 4 aliphatic rings. The van der Waals surface area contributed by atoms with Crippen molar-refractivity contribution in [2.75, 3.05) is 0 Å². The van der Waals surface area contributed by atoms with E-state index >= 15 is 0 Å². The largest absolute Gasteiger partial charge is 0.487 e. The van der Waals surface area contributed by atoms with E-state index in [1.54, 1.807) is 0 Å². The summed E-state index contributed by atoms with van der Waals surface area (Å²) >= 11 is 0. The van der Waals surface area contributed by atoms with E-state index in [1.807, 2.05) is 32.9 Å². The third-order valence-electron chi connectivity index (χ3n) is 9.59. The number of benzene rings is 1. The highest BCUT2D eigenvalue weighted by Gasteiger charge is 2.70. The van der Waals surface area contributed by atoms with Crippen LogP contribution in [0.1, 0.15) is 98.1 Å². The zero-order valence-electron chi connectivity index (χ0n) is 24.1. The highest BCUT2D eigenvalue weighted by atomic mass is 16.7. The summed E-state index contributed by atoms with van der Waals surface area (Å²) < 4.78 is 31.6. The summed E-state index contributed by atoms with van der Waals surface area (Å²) in [6, 6.07) is 3.91. The molecule has 7 nitrogen and oxygen atoms in total. The number of rotatable bonds is 4. The Morgan fingerprint density at radius 2 is 1.74 bits per heavy atom. The molecule has 1 saturated heterocycles. The fourth-order valence-electron chi connectivity index (χ4n) is 7.36. The molecule has 208 valence electrons. The first-order chi connectivity index (χ1) is 17.6. The first-order valence-electron chi connectivity index (χ1n) is 13.9. The summed E-state index contributed by atoms with van der Waals surface area (Å²) in [4.78, 5) is 23.6. The molecule has 38 heavy (non-hydrogen) atoms. The average molecular weight is 527 g/mol. The summed E-state index contributed by atoms with van der Waals surface area (Å²) in [6.45, 7) is 15.5. The van der Waals surface area contributed by atoms with Gasteiger partial charge in [-0.05, 0) is 77.2 Å². The van der Waals surface area contributed by atoms with E-state index in [0.29, 0.717) is 18.6 Å². The minimum Gasteiger partial charge on any atom is -0.487 e. The maximum atomic E-state index is 11.9. The topological polar surface area (TPSA) is 80.3 Å². The van der Waals surface area contributed by atoms with Crippen LogP contribution in [0.2, 0.25) is 0 Å². The normalized spacial score (nSPS) is 36.9. The molecule has 0 amide bonds. The fraction of sp³-hybridized carbons (Fsp3) is 0.677. The Kier molecular flexibility index (Phi) is 6.22. The fourth-order valence-corrected chi connectivity index (χ4v) is 7.36. The van der Waals surface area contributed by atoms with Crippen molar-refractivity contribution in [1.29, 1.82) is 0 Å². The third kappa shape index (κ3) is 4.31. The maximum absolute atomic E-state index is 11.9. The Hall–Kier alpha value is -2.54. The molecule has 1 spiro atoms. The van der Waals surface area contributed by atoms with Crippen molar-refractivity contribution in [3.05, 3.63) is 35.1 Å². The van der Waals surface area contributed by atoms with E-state index in [0.717, 1.165) is 54.7 Å². The monoisotopic (exact) mass is 526 g/mol.